The van der Waals surface area contributed by atoms with Crippen molar-refractivity contribution in [2.75, 3.05) is 5.75 Å². The van der Waals surface area contributed by atoms with E-state index in [-0.39, 0.29) is 17.4 Å². The predicted molar refractivity (Wildman–Crippen MR) is 83.6 cm³/mol. The van der Waals surface area contributed by atoms with Gasteiger partial charge < -0.3 is 10.4 Å². The van der Waals surface area contributed by atoms with Gasteiger partial charge in [0.25, 0.3) is 0 Å². The molecule has 1 fully saturated rings. The molecule has 1 heterocycles. The van der Waals surface area contributed by atoms with Crippen LogP contribution in [-0.2, 0) is 4.79 Å². The lowest BCUT2D eigenvalue weighted by Crippen LogP contribution is -2.49. The molecule has 2 amide bonds. The van der Waals surface area contributed by atoms with Crippen LogP contribution in [0.25, 0.3) is 0 Å². The van der Waals surface area contributed by atoms with Crippen LogP contribution in [0.2, 0.25) is 5.02 Å². The Balaban J connectivity index is 2.10. The Morgan fingerprint density at radius 1 is 1.48 bits per heavy atom. The van der Waals surface area contributed by atoms with Gasteiger partial charge in [-0.2, -0.15) is 0 Å². The van der Waals surface area contributed by atoms with Gasteiger partial charge in [-0.3, -0.25) is 4.90 Å². The van der Waals surface area contributed by atoms with E-state index in [4.69, 9.17) is 11.6 Å². The van der Waals surface area contributed by atoms with Crippen LogP contribution in [0.15, 0.2) is 24.3 Å². The van der Waals surface area contributed by atoms with Crippen molar-refractivity contribution >= 4 is 35.4 Å². The molecular weight excluding hydrogens is 312 g/mol. The predicted octanol–water partition coefficient (Wildman–Crippen LogP) is 2.96. The fourth-order valence-corrected chi connectivity index (χ4v) is 3.77. The zero-order valence-electron chi connectivity index (χ0n) is 11.7. The second kappa shape index (κ2) is 6.58. The molecule has 2 N–H and O–H groups in total. The number of carboxylic acids is 1. The van der Waals surface area contributed by atoms with Gasteiger partial charge in [0.2, 0.25) is 0 Å². The van der Waals surface area contributed by atoms with E-state index in [9.17, 15) is 14.7 Å². The summed E-state index contributed by atoms with van der Waals surface area (Å²) in [6.45, 7) is 3.65. The molecule has 1 aliphatic rings. The Morgan fingerprint density at radius 3 is 2.76 bits per heavy atom. The number of thioether (sulfide) groups is 1. The number of benzene rings is 1. The number of carbonyl (C=O) groups excluding carboxylic acids is 1. The molecule has 21 heavy (non-hydrogen) atoms. The number of nitrogens with zero attached hydrogens (tertiary/aromatic N) is 1. The minimum atomic E-state index is -0.979. The molecule has 1 aromatic rings. The lowest BCUT2D eigenvalue weighted by molar-refractivity contribution is -0.141. The number of hydrogen-bond acceptors (Lipinski definition) is 3. The summed E-state index contributed by atoms with van der Waals surface area (Å²) in [5, 5.41) is 12.4. The van der Waals surface area contributed by atoms with Crippen LogP contribution in [0.4, 0.5) is 4.79 Å². The molecule has 1 aromatic carbocycles. The van der Waals surface area contributed by atoms with E-state index >= 15 is 0 Å². The third-order valence-electron chi connectivity index (χ3n) is 3.45. The highest BCUT2D eigenvalue weighted by Crippen LogP contribution is 2.29. The molecule has 7 heteroatoms. The van der Waals surface area contributed by atoms with Crippen LogP contribution in [0.5, 0.6) is 0 Å². The highest BCUT2D eigenvalue weighted by molar-refractivity contribution is 8.00. The van der Waals surface area contributed by atoms with Crippen LogP contribution in [0, 0.1) is 0 Å². The van der Waals surface area contributed by atoms with Gasteiger partial charge in [-0.25, -0.2) is 9.59 Å². The normalized spacial score (nSPS) is 22.9. The van der Waals surface area contributed by atoms with Gasteiger partial charge in [0.05, 0.1) is 11.4 Å². The van der Waals surface area contributed by atoms with Gasteiger partial charge in [0.15, 0.2) is 0 Å². The molecule has 1 aliphatic heterocycles. The molecule has 1 saturated heterocycles. The van der Waals surface area contributed by atoms with E-state index in [1.165, 1.54) is 16.7 Å². The van der Waals surface area contributed by atoms with Gasteiger partial charge in [-0.05, 0) is 25.5 Å². The number of amides is 2. The zero-order chi connectivity index (χ0) is 15.6. The first kappa shape index (κ1) is 16.0. The third kappa shape index (κ3) is 3.44. The zero-order valence-corrected chi connectivity index (χ0v) is 13.3. The number of carboxylic acid groups (broad SMARTS) is 1. The smallest absolute Gasteiger partial charge is 0.327 e. The SMILES string of the molecule is CC(NC(=O)N1C(C)SCC1C(=O)O)c1ccccc1Cl. The van der Waals surface area contributed by atoms with Crippen LogP contribution in [0.1, 0.15) is 25.5 Å². The summed E-state index contributed by atoms with van der Waals surface area (Å²) in [6, 6.07) is 5.80. The molecular formula is C14H17ClN2O3S. The summed E-state index contributed by atoms with van der Waals surface area (Å²) in [7, 11) is 0. The average molecular weight is 329 g/mol. The van der Waals surface area contributed by atoms with Crippen molar-refractivity contribution in [2.45, 2.75) is 31.3 Å². The summed E-state index contributed by atoms with van der Waals surface area (Å²) in [4.78, 5) is 25.0. The monoisotopic (exact) mass is 328 g/mol. The summed E-state index contributed by atoms with van der Waals surface area (Å²) < 4.78 is 0. The standard InChI is InChI=1S/C14H17ClN2O3S/c1-8(10-5-3-4-6-11(10)15)16-14(20)17-9(2)21-7-12(17)13(18)19/h3-6,8-9,12H,7H2,1-2H3,(H,16,20)(H,18,19). The molecule has 0 aromatic heterocycles. The van der Waals surface area contributed by atoms with Crippen LogP contribution >= 0.6 is 23.4 Å². The minimum Gasteiger partial charge on any atom is -0.480 e. The van der Waals surface area contributed by atoms with Crippen LogP contribution in [-0.4, -0.2) is 39.2 Å². The Bertz CT molecular complexity index is 555. The van der Waals surface area contributed by atoms with Crippen molar-refractivity contribution in [1.29, 1.82) is 0 Å². The fourth-order valence-electron chi connectivity index (χ4n) is 2.31. The second-order valence-corrected chi connectivity index (χ2v) is 6.64. The topological polar surface area (TPSA) is 69.6 Å². The van der Waals surface area contributed by atoms with Crippen molar-refractivity contribution in [3.63, 3.8) is 0 Å². The average Bonchev–Trinajstić information content (AvgIpc) is 2.81. The first-order valence-electron chi connectivity index (χ1n) is 6.59. The first-order valence-corrected chi connectivity index (χ1v) is 8.02. The molecule has 0 aliphatic carbocycles. The number of nitrogens with one attached hydrogen (secondary N) is 1. The van der Waals surface area contributed by atoms with E-state index < -0.39 is 12.0 Å². The van der Waals surface area contributed by atoms with E-state index in [0.29, 0.717) is 10.8 Å². The van der Waals surface area contributed by atoms with E-state index in [2.05, 4.69) is 5.32 Å². The largest absolute Gasteiger partial charge is 0.480 e. The molecule has 0 spiro atoms. The lowest BCUT2D eigenvalue weighted by Gasteiger charge is -2.27. The summed E-state index contributed by atoms with van der Waals surface area (Å²) in [5.74, 6) is -0.572. The summed E-state index contributed by atoms with van der Waals surface area (Å²) >= 11 is 7.56. The highest BCUT2D eigenvalue weighted by Gasteiger charge is 2.39. The number of carbonyl (C=O) groups is 2. The molecule has 2 rings (SSSR count). The van der Waals surface area contributed by atoms with E-state index in [0.717, 1.165) is 5.56 Å². The van der Waals surface area contributed by atoms with Crippen molar-refractivity contribution in [3.8, 4) is 0 Å². The molecule has 3 unspecified atom stereocenters. The minimum absolute atomic E-state index is 0.162. The van der Waals surface area contributed by atoms with Gasteiger partial charge in [0, 0.05) is 10.8 Å². The summed E-state index contributed by atoms with van der Waals surface area (Å²) in [6.07, 6.45) is 0. The fraction of sp³-hybridized carbons (Fsp3) is 0.429. The van der Waals surface area contributed by atoms with Crippen LogP contribution in [0.3, 0.4) is 0 Å². The van der Waals surface area contributed by atoms with Crippen LogP contribution < -0.4 is 5.32 Å². The van der Waals surface area contributed by atoms with Gasteiger partial charge >= 0.3 is 12.0 Å². The molecule has 0 saturated carbocycles. The molecule has 3 atom stereocenters. The maximum absolute atomic E-state index is 12.4. The maximum Gasteiger partial charge on any atom is 0.327 e. The maximum atomic E-state index is 12.4. The number of rotatable bonds is 3. The molecule has 0 bridgehead atoms. The summed E-state index contributed by atoms with van der Waals surface area (Å²) in [5.41, 5.74) is 0.805. The van der Waals surface area contributed by atoms with Crippen molar-refractivity contribution in [1.82, 2.24) is 10.2 Å². The number of halogens is 1. The highest BCUT2D eigenvalue weighted by atomic mass is 35.5. The quantitative estimate of drug-likeness (QED) is 0.895. The van der Waals surface area contributed by atoms with Crippen molar-refractivity contribution in [2.24, 2.45) is 0 Å². The van der Waals surface area contributed by atoms with E-state index in [1.807, 2.05) is 32.0 Å². The Morgan fingerprint density at radius 2 is 2.14 bits per heavy atom. The van der Waals surface area contributed by atoms with E-state index in [1.54, 1.807) is 6.07 Å². The first-order chi connectivity index (χ1) is 9.91. The van der Waals surface area contributed by atoms with Gasteiger partial charge in [-0.15, -0.1) is 11.8 Å². The number of aliphatic carboxylic acids is 1. The lowest BCUT2D eigenvalue weighted by atomic mass is 10.1. The van der Waals surface area contributed by atoms with Gasteiger partial charge in [-0.1, -0.05) is 29.8 Å². The van der Waals surface area contributed by atoms with Crippen molar-refractivity contribution < 1.29 is 14.7 Å². The molecule has 114 valence electrons. The second-order valence-electron chi connectivity index (χ2n) is 4.89. The van der Waals surface area contributed by atoms with Gasteiger partial charge in [0.1, 0.15) is 6.04 Å². The Kier molecular flexibility index (Phi) is 5.00. The van der Waals surface area contributed by atoms with Crippen molar-refractivity contribution in [3.05, 3.63) is 34.9 Å². The Labute approximate surface area is 132 Å². The number of urea groups is 1. The molecule has 5 nitrogen and oxygen atoms in total. The number of hydrogen-bond donors (Lipinski definition) is 2. The third-order valence-corrected chi connectivity index (χ3v) is 5.02. The Hall–Kier alpha value is -1.40. The molecule has 0 radical (unpaired) electrons.